The van der Waals surface area contributed by atoms with Crippen molar-refractivity contribution >= 4 is 6.03 Å². The van der Waals surface area contributed by atoms with Gasteiger partial charge in [0.05, 0.1) is 12.2 Å². The molecule has 0 atom stereocenters. The molecule has 1 aliphatic rings. The summed E-state index contributed by atoms with van der Waals surface area (Å²) in [5, 5.41) is 10.0. The predicted octanol–water partition coefficient (Wildman–Crippen LogP) is 1.55. The Morgan fingerprint density at radius 2 is 2.24 bits per heavy atom. The summed E-state index contributed by atoms with van der Waals surface area (Å²) in [6.07, 6.45) is 7.84. The zero-order valence-corrected chi connectivity index (χ0v) is 10.3. The number of nitrogens with zero attached hydrogens (tertiary/aromatic N) is 2. The van der Waals surface area contributed by atoms with Crippen LogP contribution in [-0.4, -0.2) is 21.9 Å². The van der Waals surface area contributed by atoms with Gasteiger partial charge in [0.15, 0.2) is 0 Å². The molecular weight excluding hydrogens is 216 g/mol. The van der Waals surface area contributed by atoms with Crippen LogP contribution in [0.1, 0.15) is 37.8 Å². The van der Waals surface area contributed by atoms with E-state index in [9.17, 15) is 4.79 Å². The first-order valence-electron chi connectivity index (χ1n) is 6.27. The third-order valence-electron chi connectivity index (χ3n) is 3.14. The van der Waals surface area contributed by atoms with Gasteiger partial charge in [0.25, 0.3) is 0 Å². The number of nitrogens with one attached hydrogen (secondary N) is 2. The Bertz CT molecular complexity index is 368. The van der Waals surface area contributed by atoms with Crippen LogP contribution in [0, 0.1) is 0 Å². The molecule has 1 saturated carbocycles. The standard InChI is InChI=1S/C12H20N4O/c1-16-8-7-11(15-16)9-13-12(17)14-10-5-3-2-4-6-10/h7-8,10H,2-6,9H2,1H3,(H2,13,14,17). The van der Waals surface area contributed by atoms with Gasteiger partial charge in [-0.2, -0.15) is 5.10 Å². The first kappa shape index (κ1) is 12.0. The largest absolute Gasteiger partial charge is 0.335 e. The van der Waals surface area contributed by atoms with E-state index in [-0.39, 0.29) is 6.03 Å². The van der Waals surface area contributed by atoms with Gasteiger partial charge in [-0.05, 0) is 18.9 Å². The molecule has 0 bridgehead atoms. The van der Waals surface area contributed by atoms with Gasteiger partial charge in [-0.25, -0.2) is 4.79 Å². The van der Waals surface area contributed by atoms with Crippen molar-refractivity contribution in [2.75, 3.05) is 0 Å². The van der Waals surface area contributed by atoms with E-state index in [4.69, 9.17) is 0 Å². The molecule has 17 heavy (non-hydrogen) atoms. The normalized spacial score (nSPS) is 16.8. The van der Waals surface area contributed by atoms with E-state index >= 15 is 0 Å². The molecule has 0 aromatic carbocycles. The highest BCUT2D eigenvalue weighted by Crippen LogP contribution is 2.17. The van der Waals surface area contributed by atoms with Crippen molar-refractivity contribution in [1.29, 1.82) is 0 Å². The van der Waals surface area contributed by atoms with Crippen LogP contribution in [0.25, 0.3) is 0 Å². The Morgan fingerprint density at radius 1 is 1.47 bits per heavy atom. The van der Waals surface area contributed by atoms with Crippen LogP contribution >= 0.6 is 0 Å². The lowest BCUT2D eigenvalue weighted by Crippen LogP contribution is -2.42. The molecule has 5 nitrogen and oxygen atoms in total. The Balaban J connectivity index is 1.70. The van der Waals surface area contributed by atoms with Crippen molar-refractivity contribution < 1.29 is 4.79 Å². The monoisotopic (exact) mass is 236 g/mol. The van der Waals surface area contributed by atoms with E-state index in [0.717, 1.165) is 18.5 Å². The summed E-state index contributed by atoms with van der Waals surface area (Å²) in [4.78, 5) is 11.6. The SMILES string of the molecule is Cn1ccc(CNC(=O)NC2CCCCC2)n1. The van der Waals surface area contributed by atoms with Gasteiger partial charge in [0, 0.05) is 19.3 Å². The number of carbonyl (C=O) groups is 1. The maximum Gasteiger partial charge on any atom is 0.315 e. The maximum atomic E-state index is 11.6. The number of aryl methyl sites for hydroxylation is 1. The van der Waals surface area contributed by atoms with Gasteiger partial charge in [0.2, 0.25) is 0 Å². The molecular formula is C12H20N4O. The second-order valence-corrected chi connectivity index (χ2v) is 4.64. The summed E-state index contributed by atoms with van der Waals surface area (Å²) < 4.78 is 1.73. The van der Waals surface area contributed by atoms with Crippen molar-refractivity contribution in [2.24, 2.45) is 7.05 Å². The lowest BCUT2D eigenvalue weighted by Gasteiger charge is -2.22. The summed E-state index contributed by atoms with van der Waals surface area (Å²) in [7, 11) is 1.87. The molecule has 1 aliphatic carbocycles. The molecule has 5 heteroatoms. The number of aromatic nitrogens is 2. The molecule has 0 radical (unpaired) electrons. The van der Waals surface area contributed by atoms with Crippen LogP contribution < -0.4 is 10.6 Å². The molecule has 2 amide bonds. The smallest absolute Gasteiger partial charge is 0.315 e. The van der Waals surface area contributed by atoms with Crippen LogP contribution in [0.15, 0.2) is 12.3 Å². The molecule has 0 saturated heterocycles. The first-order chi connectivity index (χ1) is 8.24. The topological polar surface area (TPSA) is 59.0 Å². The minimum atomic E-state index is -0.0810. The van der Waals surface area contributed by atoms with E-state index in [1.807, 2.05) is 19.3 Å². The lowest BCUT2D eigenvalue weighted by atomic mass is 9.96. The number of rotatable bonds is 3. The van der Waals surface area contributed by atoms with E-state index < -0.39 is 0 Å². The number of urea groups is 1. The van der Waals surface area contributed by atoms with E-state index in [1.165, 1.54) is 19.3 Å². The van der Waals surface area contributed by atoms with Gasteiger partial charge >= 0.3 is 6.03 Å². The minimum Gasteiger partial charge on any atom is -0.335 e. The molecule has 0 spiro atoms. The molecule has 1 aromatic rings. The van der Waals surface area contributed by atoms with Gasteiger partial charge < -0.3 is 10.6 Å². The van der Waals surface area contributed by atoms with Crippen LogP contribution in [0.5, 0.6) is 0 Å². The quantitative estimate of drug-likeness (QED) is 0.836. The Morgan fingerprint density at radius 3 is 2.88 bits per heavy atom. The number of amides is 2. The Kier molecular flexibility index (Phi) is 4.01. The predicted molar refractivity (Wildman–Crippen MR) is 65.5 cm³/mol. The van der Waals surface area contributed by atoms with E-state index in [1.54, 1.807) is 4.68 Å². The van der Waals surface area contributed by atoms with Crippen LogP contribution in [0.3, 0.4) is 0 Å². The van der Waals surface area contributed by atoms with Crippen molar-refractivity contribution in [3.8, 4) is 0 Å². The Hall–Kier alpha value is -1.52. The molecule has 2 rings (SSSR count). The summed E-state index contributed by atoms with van der Waals surface area (Å²) in [6.45, 7) is 0.486. The molecule has 94 valence electrons. The maximum absolute atomic E-state index is 11.6. The first-order valence-corrected chi connectivity index (χ1v) is 6.27. The minimum absolute atomic E-state index is 0.0810. The number of hydrogen-bond donors (Lipinski definition) is 2. The molecule has 1 heterocycles. The Labute approximate surface area is 102 Å². The number of hydrogen-bond acceptors (Lipinski definition) is 2. The fourth-order valence-corrected chi connectivity index (χ4v) is 2.21. The van der Waals surface area contributed by atoms with Crippen LogP contribution in [0.2, 0.25) is 0 Å². The van der Waals surface area contributed by atoms with Gasteiger partial charge in [-0.3, -0.25) is 4.68 Å². The van der Waals surface area contributed by atoms with Crippen molar-refractivity contribution in [1.82, 2.24) is 20.4 Å². The summed E-state index contributed by atoms with van der Waals surface area (Å²) in [5.41, 5.74) is 0.881. The fourth-order valence-electron chi connectivity index (χ4n) is 2.21. The third-order valence-corrected chi connectivity index (χ3v) is 3.14. The number of carbonyl (C=O) groups excluding carboxylic acids is 1. The van der Waals surface area contributed by atoms with E-state index in [0.29, 0.717) is 12.6 Å². The highest BCUT2D eigenvalue weighted by Gasteiger charge is 2.15. The summed E-state index contributed by atoms with van der Waals surface area (Å²) >= 11 is 0. The highest BCUT2D eigenvalue weighted by atomic mass is 16.2. The van der Waals surface area contributed by atoms with Gasteiger partial charge in [-0.1, -0.05) is 19.3 Å². The second-order valence-electron chi connectivity index (χ2n) is 4.64. The zero-order chi connectivity index (χ0) is 12.1. The second kappa shape index (κ2) is 5.70. The molecule has 2 N–H and O–H groups in total. The van der Waals surface area contributed by atoms with Crippen LogP contribution in [0.4, 0.5) is 4.79 Å². The zero-order valence-electron chi connectivity index (χ0n) is 10.3. The molecule has 0 unspecified atom stereocenters. The van der Waals surface area contributed by atoms with Crippen molar-refractivity contribution in [3.63, 3.8) is 0 Å². The van der Waals surface area contributed by atoms with Gasteiger partial charge in [0.1, 0.15) is 0 Å². The average Bonchev–Trinajstić information content (AvgIpc) is 2.74. The van der Waals surface area contributed by atoms with Gasteiger partial charge in [-0.15, -0.1) is 0 Å². The van der Waals surface area contributed by atoms with Crippen LogP contribution in [-0.2, 0) is 13.6 Å². The van der Waals surface area contributed by atoms with Crippen molar-refractivity contribution in [3.05, 3.63) is 18.0 Å². The fraction of sp³-hybridized carbons (Fsp3) is 0.667. The molecule has 0 aliphatic heterocycles. The molecule has 1 aromatic heterocycles. The van der Waals surface area contributed by atoms with Crippen molar-refractivity contribution in [2.45, 2.75) is 44.7 Å². The average molecular weight is 236 g/mol. The molecule has 1 fully saturated rings. The third kappa shape index (κ3) is 3.76. The summed E-state index contributed by atoms with van der Waals surface area (Å²) in [5.74, 6) is 0. The summed E-state index contributed by atoms with van der Waals surface area (Å²) in [6, 6.07) is 2.18. The lowest BCUT2D eigenvalue weighted by molar-refractivity contribution is 0.232. The highest BCUT2D eigenvalue weighted by molar-refractivity contribution is 5.74. The van der Waals surface area contributed by atoms with E-state index in [2.05, 4.69) is 15.7 Å².